The van der Waals surface area contributed by atoms with E-state index in [4.69, 9.17) is 4.74 Å². The lowest BCUT2D eigenvalue weighted by molar-refractivity contribution is 0.0276. The quantitative estimate of drug-likeness (QED) is 0.746. The van der Waals surface area contributed by atoms with Crippen LogP contribution in [-0.4, -0.2) is 31.3 Å². The van der Waals surface area contributed by atoms with Gasteiger partial charge in [-0.15, -0.1) is 0 Å². The van der Waals surface area contributed by atoms with Crippen molar-refractivity contribution in [3.8, 4) is 0 Å². The molecule has 0 saturated carbocycles. The van der Waals surface area contributed by atoms with E-state index in [2.05, 4.69) is 5.32 Å². The molecule has 2 aliphatic rings. The summed E-state index contributed by atoms with van der Waals surface area (Å²) in [6, 6.07) is 12.4. The molecular weight excluding hydrogens is 278 g/mol. The lowest BCUT2D eigenvalue weighted by atomic mass is 9.83. The van der Waals surface area contributed by atoms with Crippen LogP contribution in [0.15, 0.2) is 42.5 Å². The average Bonchev–Trinajstić information content (AvgIpc) is 2.60. The number of morpholine rings is 1. The molecule has 110 valence electrons. The first-order valence-corrected chi connectivity index (χ1v) is 7.40. The maximum atomic E-state index is 12.7. The molecule has 2 aromatic rings. The number of ether oxygens (including phenoxy) is 1. The van der Waals surface area contributed by atoms with Gasteiger partial charge in [0, 0.05) is 35.3 Å². The topological polar surface area (TPSA) is 55.4 Å². The van der Waals surface area contributed by atoms with Crippen molar-refractivity contribution in [1.82, 2.24) is 5.32 Å². The van der Waals surface area contributed by atoms with Gasteiger partial charge in [-0.1, -0.05) is 30.3 Å². The zero-order valence-corrected chi connectivity index (χ0v) is 12.0. The van der Waals surface area contributed by atoms with Gasteiger partial charge >= 0.3 is 0 Å². The zero-order chi connectivity index (χ0) is 15.1. The van der Waals surface area contributed by atoms with E-state index in [1.165, 1.54) is 0 Å². The molecule has 0 radical (unpaired) electrons. The minimum Gasteiger partial charge on any atom is -0.371 e. The Kier molecular flexibility index (Phi) is 3.13. The summed E-state index contributed by atoms with van der Waals surface area (Å²) in [6.07, 6.45) is -0.0703. The van der Waals surface area contributed by atoms with Gasteiger partial charge in [0.25, 0.3) is 0 Å². The fraction of sp³-hybridized carbons (Fsp3) is 0.222. The highest BCUT2D eigenvalue weighted by molar-refractivity contribution is 6.28. The predicted molar refractivity (Wildman–Crippen MR) is 81.3 cm³/mol. The summed E-state index contributed by atoms with van der Waals surface area (Å²) in [5, 5.41) is 3.27. The van der Waals surface area contributed by atoms with Crippen molar-refractivity contribution in [2.24, 2.45) is 0 Å². The normalized spacial score (nSPS) is 20.5. The van der Waals surface area contributed by atoms with Gasteiger partial charge in [0.15, 0.2) is 11.6 Å². The summed E-state index contributed by atoms with van der Waals surface area (Å²) in [5.41, 5.74) is 2.88. The molecule has 0 amide bonds. The van der Waals surface area contributed by atoms with Crippen LogP contribution in [0.25, 0.3) is 0 Å². The van der Waals surface area contributed by atoms with Gasteiger partial charge in [0.1, 0.15) is 0 Å². The van der Waals surface area contributed by atoms with Gasteiger partial charge < -0.3 is 10.1 Å². The number of hydrogen-bond acceptors (Lipinski definition) is 4. The van der Waals surface area contributed by atoms with Gasteiger partial charge in [-0.2, -0.15) is 0 Å². The van der Waals surface area contributed by atoms with Crippen molar-refractivity contribution in [3.63, 3.8) is 0 Å². The lowest BCUT2D eigenvalue weighted by Crippen LogP contribution is -2.33. The fourth-order valence-corrected chi connectivity index (χ4v) is 3.10. The SMILES string of the molecule is O=C1c2ccccc2C(=O)c2cc(C3CNCCO3)ccc21. The minimum atomic E-state index is -0.0872. The molecule has 1 aliphatic heterocycles. The van der Waals surface area contributed by atoms with Gasteiger partial charge in [0.05, 0.1) is 12.7 Å². The lowest BCUT2D eigenvalue weighted by Gasteiger charge is -2.25. The molecule has 1 aliphatic carbocycles. The van der Waals surface area contributed by atoms with Crippen molar-refractivity contribution in [2.45, 2.75) is 6.10 Å². The molecule has 1 saturated heterocycles. The summed E-state index contributed by atoms with van der Waals surface area (Å²) in [4.78, 5) is 25.2. The summed E-state index contributed by atoms with van der Waals surface area (Å²) >= 11 is 0. The van der Waals surface area contributed by atoms with Crippen LogP contribution in [0.2, 0.25) is 0 Å². The number of fused-ring (bicyclic) bond motifs is 2. The van der Waals surface area contributed by atoms with E-state index >= 15 is 0 Å². The largest absolute Gasteiger partial charge is 0.371 e. The van der Waals surface area contributed by atoms with E-state index in [1.807, 2.05) is 12.1 Å². The first-order valence-electron chi connectivity index (χ1n) is 7.40. The number of rotatable bonds is 1. The number of carbonyl (C=O) groups is 2. The molecule has 4 rings (SSSR count). The Morgan fingerprint density at radius 3 is 2.27 bits per heavy atom. The third kappa shape index (κ3) is 2.00. The first-order chi connectivity index (χ1) is 10.8. The van der Waals surface area contributed by atoms with Gasteiger partial charge in [0.2, 0.25) is 0 Å². The first kappa shape index (κ1) is 13.4. The van der Waals surface area contributed by atoms with Crippen LogP contribution >= 0.6 is 0 Å². The van der Waals surface area contributed by atoms with Crippen LogP contribution in [0.3, 0.4) is 0 Å². The van der Waals surface area contributed by atoms with Crippen LogP contribution < -0.4 is 5.32 Å². The van der Waals surface area contributed by atoms with Gasteiger partial charge in [-0.25, -0.2) is 0 Å². The predicted octanol–water partition coefficient (Wildman–Crippen LogP) is 2.12. The summed E-state index contributed by atoms with van der Waals surface area (Å²) in [7, 11) is 0. The zero-order valence-electron chi connectivity index (χ0n) is 12.0. The Morgan fingerprint density at radius 1 is 0.909 bits per heavy atom. The van der Waals surface area contributed by atoms with Gasteiger partial charge in [-0.3, -0.25) is 9.59 Å². The minimum absolute atomic E-state index is 0.0703. The Balaban J connectivity index is 1.80. The molecule has 2 aromatic carbocycles. The molecule has 1 unspecified atom stereocenters. The smallest absolute Gasteiger partial charge is 0.194 e. The van der Waals surface area contributed by atoms with Crippen molar-refractivity contribution in [3.05, 3.63) is 70.3 Å². The second-order valence-electron chi connectivity index (χ2n) is 5.57. The van der Waals surface area contributed by atoms with Crippen LogP contribution in [0.1, 0.15) is 43.5 Å². The van der Waals surface area contributed by atoms with E-state index in [9.17, 15) is 9.59 Å². The van der Waals surface area contributed by atoms with E-state index in [0.717, 1.165) is 18.7 Å². The third-order valence-corrected chi connectivity index (χ3v) is 4.25. The highest BCUT2D eigenvalue weighted by atomic mass is 16.5. The molecule has 0 bridgehead atoms. The van der Waals surface area contributed by atoms with Crippen molar-refractivity contribution in [2.75, 3.05) is 19.7 Å². The number of ketones is 2. The maximum Gasteiger partial charge on any atom is 0.194 e. The molecular formula is C18H15NO3. The molecule has 1 N–H and O–H groups in total. The molecule has 4 nitrogen and oxygen atoms in total. The number of benzene rings is 2. The van der Waals surface area contributed by atoms with Crippen LogP contribution in [-0.2, 0) is 4.74 Å². The molecule has 1 atom stereocenters. The Bertz CT molecular complexity index is 776. The van der Waals surface area contributed by atoms with E-state index < -0.39 is 0 Å². The summed E-state index contributed by atoms with van der Waals surface area (Å²) in [5.74, 6) is -0.171. The highest BCUT2D eigenvalue weighted by Crippen LogP contribution is 2.30. The van der Waals surface area contributed by atoms with E-state index in [-0.39, 0.29) is 17.7 Å². The molecule has 1 fully saturated rings. The highest BCUT2D eigenvalue weighted by Gasteiger charge is 2.30. The Morgan fingerprint density at radius 2 is 1.59 bits per heavy atom. The molecule has 0 aromatic heterocycles. The third-order valence-electron chi connectivity index (χ3n) is 4.25. The van der Waals surface area contributed by atoms with Crippen LogP contribution in [0.5, 0.6) is 0 Å². The number of hydrogen-bond donors (Lipinski definition) is 1. The average molecular weight is 293 g/mol. The standard InChI is InChI=1S/C18H15NO3/c20-17-12-3-1-2-4-13(12)18(21)15-9-11(5-6-14(15)17)16-10-19-7-8-22-16/h1-6,9,16,19H,7-8,10H2. The molecule has 1 heterocycles. The second kappa shape index (κ2) is 5.16. The Hall–Kier alpha value is -2.30. The molecule has 0 spiro atoms. The van der Waals surface area contributed by atoms with Crippen molar-refractivity contribution >= 4 is 11.6 Å². The van der Waals surface area contributed by atoms with Crippen LogP contribution in [0, 0.1) is 0 Å². The van der Waals surface area contributed by atoms with E-state index in [1.54, 1.807) is 30.3 Å². The van der Waals surface area contributed by atoms with Crippen LogP contribution in [0.4, 0.5) is 0 Å². The maximum absolute atomic E-state index is 12.7. The Labute approximate surface area is 128 Å². The fourth-order valence-electron chi connectivity index (χ4n) is 3.10. The monoisotopic (exact) mass is 293 g/mol. The summed E-state index contributed by atoms with van der Waals surface area (Å²) in [6.45, 7) is 2.21. The van der Waals surface area contributed by atoms with Gasteiger partial charge in [-0.05, 0) is 17.7 Å². The summed E-state index contributed by atoms with van der Waals surface area (Å²) < 4.78 is 5.73. The second-order valence-corrected chi connectivity index (χ2v) is 5.57. The number of carbonyl (C=O) groups excluding carboxylic acids is 2. The number of nitrogens with one attached hydrogen (secondary N) is 1. The molecule has 22 heavy (non-hydrogen) atoms. The van der Waals surface area contributed by atoms with Crippen molar-refractivity contribution in [1.29, 1.82) is 0 Å². The molecule has 4 heteroatoms. The van der Waals surface area contributed by atoms with E-state index in [0.29, 0.717) is 28.9 Å². The van der Waals surface area contributed by atoms with Crippen molar-refractivity contribution < 1.29 is 14.3 Å².